The average Bonchev–Trinajstić information content (AvgIpc) is 3.03. The van der Waals surface area contributed by atoms with Crippen LogP contribution in [0.5, 0.6) is 0 Å². The van der Waals surface area contributed by atoms with Gasteiger partial charge in [0.2, 0.25) is 0 Å². The van der Waals surface area contributed by atoms with E-state index in [0.29, 0.717) is 0 Å². The Kier molecular flexibility index (Phi) is 7.45. The topological polar surface area (TPSA) is 128 Å². The van der Waals surface area contributed by atoms with Gasteiger partial charge in [-0.25, -0.2) is 9.59 Å². The number of carbonyl (C=O) groups is 3. The Labute approximate surface area is 196 Å². The number of hydrogen-bond donors (Lipinski definition) is 4. The summed E-state index contributed by atoms with van der Waals surface area (Å²) >= 11 is 0. The molecule has 2 aliphatic heterocycles. The molecular weight excluding hydrogens is 488 g/mol. The van der Waals surface area contributed by atoms with Gasteiger partial charge in [-0.3, -0.25) is 9.79 Å². The molecule has 1 spiro atoms. The van der Waals surface area contributed by atoms with Gasteiger partial charge in [-0.15, -0.1) is 0 Å². The van der Waals surface area contributed by atoms with Gasteiger partial charge in [0.15, 0.2) is 0 Å². The van der Waals surface area contributed by atoms with Gasteiger partial charge in [0.25, 0.3) is 5.91 Å². The Morgan fingerprint density at radius 1 is 0.829 bits per heavy atom. The number of nitrogens with one attached hydrogen (secondary N) is 2. The van der Waals surface area contributed by atoms with E-state index in [1.165, 1.54) is 38.5 Å². The Balaban J connectivity index is 0.000000205. The van der Waals surface area contributed by atoms with Gasteiger partial charge in [-0.1, -0.05) is 0 Å². The van der Waals surface area contributed by atoms with Gasteiger partial charge >= 0.3 is 24.3 Å². The van der Waals surface area contributed by atoms with E-state index in [-0.39, 0.29) is 11.3 Å². The molecule has 0 aromatic rings. The minimum Gasteiger partial charge on any atom is -0.475 e. The smallest absolute Gasteiger partial charge is 0.475 e. The fraction of sp³-hybridized carbons (Fsp3) is 0.810. The number of halogens is 6. The number of nitrogens with zero attached hydrogens (tertiary/aromatic N) is 1. The Morgan fingerprint density at radius 2 is 1.20 bits per heavy atom. The van der Waals surface area contributed by atoms with Gasteiger partial charge in [0.05, 0.1) is 0 Å². The van der Waals surface area contributed by atoms with Crippen LogP contribution >= 0.6 is 0 Å². The maximum Gasteiger partial charge on any atom is 0.490 e. The lowest BCUT2D eigenvalue weighted by Crippen LogP contribution is -2.53. The fourth-order valence-electron chi connectivity index (χ4n) is 6.35. The highest BCUT2D eigenvalue weighted by molar-refractivity contribution is 6.10. The molecule has 0 unspecified atom stereocenters. The number of amidine groups is 1. The molecule has 1 saturated heterocycles. The number of piperidine rings is 1. The lowest BCUT2D eigenvalue weighted by Gasteiger charge is -2.56. The summed E-state index contributed by atoms with van der Waals surface area (Å²) in [6.45, 7) is 1.84. The molecule has 2 heterocycles. The lowest BCUT2D eigenvalue weighted by molar-refractivity contribution is -0.193. The number of aliphatic carboxylic acids is 2. The number of hydrogen-bond acceptors (Lipinski definition) is 5. The first-order valence-corrected chi connectivity index (χ1v) is 11.3. The predicted octanol–water partition coefficient (Wildman–Crippen LogP) is 3.12. The molecule has 0 atom stereocenters. The van der Waals surface area contributed by atoms with Crippen molar-refractivity contribution in [3.05, 3.63) is 0 Å². The third-order valence-corrected chi connectivity index (χ3v) is 7.44. The van der Waals surface area contributed by atoms with E-state index >= 15 is 0 Å². The van der Waals surface area contributed by atoms with E-state index in [2.05, 4.69) is 10.6 Å². The molecule has 8 nitrogen and oxygen atoms in total. The molecule has 4 bridgehead atoms. The van der Waals surface area contributed by atoms with E-state index < -0.39 is 29.8 Å². The predicted molar refractivity (Wildman–Crippen MR) is 108 cm³/mol. The van der Waals surface area contributed by atoms with Crippen molar-refractivity contribution in [2.75, 3.05) is 13.1 Å². The summed E-state index contributed by atoms with van der Waals surface area (Å²) in [5.74, 6) is -1.52. The Morgan fingerprint density at radius 3 is 1.54 bits per heavy atom. The number of carboxylic acids is 2. The summed E-state index contributed by atoms with van der Waals surface area (Å²) in [7, 11) is 0. The average molecular weight is 515 g/mol. The summed E-state index contributed by atoms with van der Waals surface area (Å²) in [5.41, 5.74) is -0.192. The van der Waals surface area contributed by atoms with Gasteiger partial charge in [-0.2, -0.15) is 26.3 Å². The SMILES string of the molecule is O=C(O)C(F)(F)F.O=C(O)C(F)(F)F.O=C1NC(C23CC4CC(CC(C4)C2)C3)=NC12CCNCC2. The second-order valence-electron chi connectivity index (χ2n) is 10.00. The van der Waals surface area contributed by atoms with Crippen LogP contribution in [0.1, 0.15) is 51.4 Å². The number of aliphatic imine (C=N–C) groups is 1. The molecule has 6 rings (SSSR count). The van der Waals surface area contributed by atoms with Crippen molar-refractivity contribution in [1.29, 1.82) is 0 Å². The quantitative estimate of drug-likeness (QED) is 0.398. The molecule has 198 valence electrons. The van der Waals surface area contributed by atoms with E-state index in [0.717, 1.165) is 49.5 Å². The first kappa shape index (κ1) is 27.2. The number of carbonyl (C=O) groups excluding carboxylic acids is 1. The number of amides is 1. The summed E-state index contributed by atoms with van der Waals surface area (Å²) in [4.78, 5) is 35.5. The second-order valence-corrected chi connectivity index (χ2v) is 10.00. The van der Waals surface area contributed by atoms with Gasteiger partial charge < -0.3 is 20.8 Å². The van der Waals surface area contributed by atoms with Crippen molar-refractivity contribution in [3.63, 3.8) is 0 Å². The zero-order valence-corrected chi connectivity index (χ0v) is 18.6. The van der Waals surface area contributed by atoms with Crippen LogP contribution in [0.3, 0.4) is 0 Å². The molecule has 6 aliphatic rings. The van der Waals surface area contributed by atoms with Gasteiger partial charge in [-0.05, 0) is 82.2 Å². The van der Waals surface area contributed by atoms with Gasteiger partial charge in [0, 0.05) is 5.41 Å². The number of alkyl halides is 6. The summed E-state index contributed by atoms with van der Waals surface area (Å²) in [5, 5.41) is 20.9. The van der Waals surface area contributed by atoms with Crippen LogP contribution in [0.15, 0.2) is 4.99 Å². The van der Waals surface area contributed by atoms with Crippen molar-refractivity contribution in [3.8, 4) is 0 Å². The van der Waals surface area contributed by atoms with Crippen LogP contribution in [0.4, 0.5) is 26.3 Å². The van der Waals surface area contributed by atoms with Crippen molar-refractivity contribution >= 4 is 23.7 Å². The van der Waals surface area contributed by atoms with Crippen LogP contribution in [0.2, 0.25) is 0 Å². The van der Waals surface area contributed by atoms with Crippen LogP contribution < -0.4 is 10.6 Å². The molecule has 0 radical (unpaired) electrons. The third-order valence-electron chi connectivity index (χ3n) is 7.44. The zero-order chi connectivity index (χ0) is 26.2. The summed E-state index contributed by atoms with van der Waals surface area (Å²) in [6, 6.07) is 0. The molecule has 1 amide bonds. The fourth-order valence-corrected chi connectivity index (χ4v) is 6.35. The molecule has 0 aromatic heterocycles. The summed E-state index contributed by atoms with van der Waals surface area (Å²) in [6.07, 6.45) is -0.255. The first-order valence-electron chi connectivity index (χ1n) is 11.3. The highest BCUT2D eigenvalue weighted by Gasteiger charge is 2.57. The van der Waals surface area contributed by atoms with Gasteiger partial charge in [0.1, 0.15) is 11.4 Å². The highest BCUT2D eigenvalue weighted by atomic mass is 19.4. The molecule has 0 aromatic carbocycles. The maximum absolute atomic E-state index is 12.6. The van der Waals surface area contributed by atoms with Crippen LogP contribution in [0.25, 0.3) is 0 Å². The normalized spacial score (nSPS) is 32.6. The second kappa shape index (κ2) is 9.58. The van der Waals surface area contributed by atoms with Crippen LogP contribution in [-0.2, 0) is 14.4 Å². The minimum absolute atomic E-state index is 0.190. The van der Waals surface area contributed by atoms with Crippen molar-refractivity contribution in [2.45, 2.75) is 69.3 Å². The molecule has 14 heteroatoms. The zero-order valence-electron chi connectivity index (χ0n) is 18.6. The molecule has 35 heavy (non-hydrogen) atoms. The van der Waals surface area contributed by atoms with Crippen molar-refractivity contribution in [1.82, 2.24) is 10.6 Å². The third kappa shape index (κ3) is 6.07. The molecular formula is C21H27F6N3O5. The summed E-state index contributed by atoms with van der Waals surface area (Å²) < 4.78 is 63.5. The molecule has 4 aliphatic carbocycles. The van der Waals surface area contributed by atoms with E-state index in [1.807, 2.05) is 0 Å². The number of carboxylic acid groups (broad SMARTS) is 2. The number of rotatable bonds is 1. The van der Waals surface area contributed by atoms with Crippen molar-refractivity contribution in [2.24, 2.45) is 28.2 Å². The molecule has 4 N–H and O–H groups in total. The Bertz CT molecular complexity index is 820. The molecule has 5 fully saturated rings. The van der Waals surface area contributed by atoms with E-state index in [4.69, 9.17) is 24.8 Å². The van der Waals surface area contributed by atoms with Crippen LogP contribution in [0, 0.1) is 23.2 Å². The maximum atomic E-state index is 12.6. The minimum atomic E-state index is -5.08. The van der Waals surface area contributed by atoms with Crippen LogP contribution in [-0.4, -0.2) is 64.9 Å². The standard InChI is InChI=1S/C17H25N3O.2C2HF3O2/c21-15-17(1-3-18-4-2-17)20-14(19-15)16-8-11-5-12(9-16)7-13(6-11)10-16;2*3-2(4,5)1(6)7/h11-13,18H,1-10H2,(H,19,20,21);2*(H,6,7). The largest absolute Gasteiger partial charge is 0.490 e. The monoisotopic (exact) mass is 515 g/mol. The Hall–Kier alpha value is -2.38. The lowest BCUT2D eigenvalue weighted by atomic mass is 9.49. The van der Waals surface area contributed by atoms with Crippen molar-refractivity contribution < 1.29 is 50.9 Å². The first-order chi connectivity index (χ1) is 16.1. The molecule has 4 saturated carbocycles. The van der Waals surface area contributed by atoms with E-state index in [9.17, 15) is 31.1 Å². The highest BCUT2D eigenvalue weighted by Crippen LogP contribution is 2.60. The van der Waals surface area contributed by atoms with E-state index in [1.54, 1.807) is 0 Å².